The summed E-state index contributed by atoms with van der Waals surface area (Å²) in [5.41, 5.74) is 1.33. The predicted octanol–water partition coefficient (Wildman–Crippen LogP) is 1.50. The first-order chi connectivity index (χ1) is 15.0. The van der Waals surface area contributed by atoms with E-state index in [1.807, 2.05) is 0 Å². The summed E-state index contributed by atoms with van der Waals surface area (Å²) in [4.78, 5) is 27.0. The van der Waals surface area contributed by atoms with Crippen molar-refractivity contribution in [1.82, 2.24) is 0 Å². The van der Waals surface area contributed by atoms with Gasteiger partial charge in [0.05, 0.1) is 21.9 Å². The van der Waals surface area contributed by atoms with Crippen molar-refractivity contribution in [2.75, 3.05) is 35.4 Å². The number of carbonyl (C=O) groups is 2. The molecule has 4 rings (SSSR count). The van der Waals surface area contributed by atoms with E-state index in [1.165, 1.54) is 30.3 Å². The number of rotatable bonds is 5. The number of amidine groups is 1. The fourth-order valence-electron chi connectivity index (χ4n) is 3.05. The molecule has 10 nitrogen and oxygen atoms in total. The molecule has 0 saturated heterocycles. The van der Waals surface area contributed by atoms with Gasteiger partial charge in [0.25, 0.3) is 15.9 Å². The predicted molar refractivity (Wildman–Crippen MR) is 119 cm³/mol. The first kappa shape index (κ1) is 22.3. The van der Waals surface area contributed by atoms with Crippen molar-refractivity contribution in [2.24, 2.45) is 4.40 Å². The van der Waals surface area contributed by atoms with E-state index in [9.17, 15) is 26.4 Å². The van der Waals surface area contributed by atoms with Crippen LogP contribution in [-0.2, 0) is 29.4 Å². The molecule has 0 atom stereocenters. The number of ether oxygens (including phenoxy) is 1. The SMILES string of the molecule is CS(=O)(=O)c1ccc(NC(=O)COC(=O)c2ccc3c(c2)SC2=NS(=O)(=O)CCN23)cc1. The highest BCUT2D eigenvalue weighted by atomic mass is 32.2. The van der Waals surface area contributed by atoms with E-state index in [0.717, 1.165) is 23.7 Å². The van der Waals surface area contributed by atoms with Gasteiger partial charge in [0.15, 0.2) is 21.6 Å². The van der Waals surface area contributed by atoms with E-state index < -0.39 is 38.3 Å². The average molecular weight is 496 g/mol. The van der Waals surface area contributed by atoms with Gasteiger partial charge in [-0.2, -0.15) is 0 Å². The van der Waals surface area contributed by atoms with Gasteiger partial charge in [-0.25, -0.2) is 21.6 Å². The van der Waals surface area contributed by atoms with Crippen LogP contribution >= 0.6 is 11.8 Å². The fourth-order valence-corrected chi connectivity index (χ4v) is 5.98. The molecule has 13 heteroatoms. The molecule has 1 N–H and O–H groups in total. The quantitative estimate of drug-likeness (QED) is 0.611. The highest BCUT2D eigenvalue weighted by molar-refractivity contribution is 8.15. The van der Waals surface area contributed by atoms with Crippen LogP contribution in [0.4, 0.5) is 11.4 Å². The van der Waals surface area contributed by atoms with Crippen LogP contribution in [0.2, 0.25) is 0 Å². The van der Waals surface area contributed by atoms with Crippen LogP contribution in [-0.4, -0.2) is 59.0 Å². The minimum Gasteiger partial charge on any atom is -0.452 e. The molecule has 2 aliphatic rings. The smallest absolute Gasteiger partial charge is 0.338 e. The van der Waals surface area contributed by atoms with Crippen molar-refractivity contribution in [1.29, 1.82) is 0 Å². The van der Waals surface area contributed by atoms with Crippen molar-refractivity contribution in [3.05, 3.63) is 48.0 Å². The van der Waals surface area contributed by atoms with E-state index in [1.54, 1.807) is 17.0 Å². The second-order valence-electron chi connectivity index (χ2n) is 7.02. The van der Waals surface area contributed by atoms with E-state index in [-0.39, 0.29) is 22.8 Å². The van der Waals surface area contributed by atoms with E-state index in [4.69, 9.17) is 4.74 Å². The summed E-state index contributed by atoms with van der Waals surface area (Å²) in [6.07, 6.45) is 1.08. The van der Waals surface area contributed by atoms with Crippen LogP contribution in [0.25, 0.3) is 0 Å². The number of sulfone groups is 1. The Balaban J connectivity index is 1.37. The molecule has 0 saturated carbocycles. The van der Waals surface area contributed by atoms with Crippen molar-refractivity contribution < 1.29 is 31.2 Å². The normalized spacial score (nSPS) is 16.5. The molecule has 0 fully saturated rings. The van der Waals surface area contributed by atoms with Gasteiger partial charge in [0.1, 0.15) is 0 Å². The zero-order valence-electron chi connectivity index (χ0n) is 16.6. The molecule has 0 bridgehead atoms. The molecule has 168 valence electrons. The molecule has 2 aromatic rings. The Labute approximate surface area is 188 Å². The second-order valence-corrected chi connectivity index (χ2v) is 11.8. The summed E-state index contributed by atoms with van der Waals surface area (Å²) in [6.45, 7) is -0.246. The van der Waals surface area contributed by atoms with Crippen molar-refractivity contribution >= 4 is 60.0 Å². The summed E-state index contributed by atoms with van der Waals surface area (Å²) in [5.74, 6) is -1.38. The standard InChI is InChI=1S/C19H17N3O7S3/c1-31(25,26)14-5-3-13(4-6-14)20-17(23)11-29-18(24)12-2-7-15-16(10-12)30-19-21-32(27,28)9-8-22(15)19/h2-7,10H,8-9,11H2,1H3,(H,20,23). The molecule has 2 heterocycles. The van der Waals surface area contributed by atoms with Gasteiger partial charge in [-0.15, -0.1) is 4.40 Å². The van der Waals surface area contributed by atoms with E-state index >= 15 is 0 Å². The molecule has 32 heavy (non-hydrogen) atoms. The number of hydrogen-bond donors (Lipinski definition) is 1. The van der Waals surface area contributed by atoms with Crippen LogP contribution in [0.3, 0.4) is 0 Å². The Morgan fingerprint density at radius 1 is 1.19 bits per heavy atom. The minimum atomic E-state index is -3.48. The highest BCUT2D eigenvalue weighted by Crippen LogP contribution is 2.42. The molecular formula is C19H17N3O7S3. The molecular weight excluding hydrogens is 478 g/mol. The third kappa shape index (κ3) is 4.79. The Hall–Kier alpha value is -2.90. The van der Waals surface area contributed by atoms with Crippen molar-refractivity contribution in [3.8, 4) is 0 Å². The Morgan fingerprint density at radius 3 is 2.59 bits per heavy atom. The third-order valence-corrected chi connectivity index (χ3v) is 8.04. The van der Waals surface area contributed by atoms with Gasteiger partial charge in [0.2, 0.25) is 0 Å². The molecule has 2 aromatic carbocycles. The zero-order chi connectivity index (χ0) is 23.1. The lowest BCUT2D eigenvalue weighted by molar-refractivity contribution is -0.119. The van der Waals surface area contributed by atoms with Gasteiger partial charge in [-0.1, -0.05) is 0 Å². The number of amides is 1. The number of fused-ring (bicyclic) bond motifs is 3. The van der Waals surface area contributed by atoms with Gasteiger partial charge < -0.3 is 15.0 Å². The Bertz CT molecular complexity index is 1350. The molecule has 0 radical (unpaired) electrons. The number of carbonyl (C=O) groups excluding carboxylic acids is 2. The summed E-state index contributed by atoms with van der Waals surface area (Å²) < 4.78 is 55.1. The monoisotopic (exact) mass is 495 g/mol. The molecule has 0 spiro atoms. The number of benzene rings is 2. The maximum Gasteiger partial charge on any atom is 0.338 e. The first-order valence-electron chi connectivity index (χ1n) is 9.21. The molecule has 0 aromatic heterocycles. The molecule has 0 unspecified atom stereocenters. The second kappa shape index (κ2) is 8.22. The number of sulfonamides is 1. The molecule has 2 aliphatic heterocycles. The maximum atomic E-state index is 12.4. The Kier molecular flexibility index (Phi) is 5.73. The van der Waals surface area contributed by atoms with Crippen LogP contribution in [0.15, 0.2) is 56.7 Å². The number of thioether (sulfide) groups is 1. The van der Waals surface area contributed by atoms with Gasteiger partial charge in [-0.3, -0.25) is 4.79 Å². The zero-order valence-corrected chi connectivity index (χ0v) is 19.1. The van der Waals surface area contributed by atoms with Crippen LogP contribution in [0, 0.1) is 0 Å². The fraction of sp³-hybridized carbons (Fsp3) is 0.211. The summed E-state index contributed by atoms with van der Waals surface area (Å²) in [7, 11) is -6.82. The van der Waals surface area contributed by atoms with Crippen molar-refractivity contribution in [2.45, 2.75) is 9.79 Å². The Morgan fingerprint density at radius 2 is 1.91 bits per heavy atom. The number of nitrogens with one attached hydrogen (secondary N) is 1. The van der Waals surface area contributed by atoms with Crippen LogP contribution in [0.1, 0.15) is 10.4 Å². The van der Waals surface area contributed by atoms with Gasteiger partial charge in [0, 0.05) is 23.4 Å². The minimum absolute atomic E-state index is 0.0770. The number of nitrogens with zero attached hydrogens (tertiary/aromatic N) is 2. The van der Waals surface area contributed by atoms with Crippen LogP contribution < -0.4 is 10.2 Å². The number of esters is 1. The highest BCUT2D eigenvalue weighted by Gasteiger charge is 2.33. The number of anilines is 2. The molecule has 1 amide bonds. The van der Waals surface area contributed by atoms with Gasteiger partial charge >= 0.3 is 5.97 Å². The summed E-state index contributed by atoms with van der Waals surface area (Å²) in [6, 6.07) is 10.4. The lowest BCUT2D eigenvalue weighted by atomic mass is 10.2. The lowest BCUT2D eigenvalue weighted by Gasteiger charge is -2.22. The van der Waals surface area contributed by atoms with E-state index in [0.29, 0.717) is 15.8 Å². The lowest BCUT2D eigenvalue weighted by Crippen LogP contribution is -2.35. The topological polar surface area (TPSA) is 139 Å². The van der Waals surface area contributed by atoms with Crippen LogP contribution in [0.5, 0.6) is 0 Å². The summed E-state index contributed by atoms with van der Waals surface area (Å²) >= 11 is 1.15. The maximum absolute atomic E-state index is 12.4. The molecule has 0 aliphatic carbocycles. The third-order valence-electron chi connectivity index (χ3n) is 4.61. The van der Waals surface area contributed by atoms with Gasteiger partial charge in [-0.05, 0) is 54.2 Å². The largest absolute Gasteiger partial charge is 0.452 e. The number of hydrogen-bond acceptors (Lipinski definition) is 9. The first-order valence-corrected chi connectivity index (χ1v) is 13.5. The summed E-state index contributed by atoms with van der Waals surface area (Å²) in [5, 5.41) is 2.86. The van der Waals surface area contributed by atoms with Crippen molar-refractivity contribution in [3.63, 3.8) is 0 Å². The average Bonchev–Trinajstić information content (AvgIpc) is 3.07. The van der Waals surface area contributed by atoms with E-state index in [2.05, 4.69) is 9.71 Å².